The molecular weight excluding hydrogens is 481 g/mol. The third kappa shape index (κ3) is 7.07. The lowest BCUT2D eigenvalue weighted by molar-refractivity contribution is -0.132. The smallest absolute Gasteiger partial charge is 0.290 e. The van der Waals surface area contributed by atoms with Crippen LogP contribution in [0.3, 0.4) is 0 Å². The molecule has 0 radical (unpaired) electrons. The van der Waals surface area contributed by atoms with Gasteiger partial charge in [-0.25, -0.2) is 18.2 Å². The number of likely N-dealkylation sites (tertiary alicyclic amines) is 1. The fourth-order valence-corrected chi connectivity index (χ4v) is 3.96. The molecule has 10 nitrogen and oxygen atoms in total. The minimum absolute atomic E-state index is 0.00906. The second kappa shape index (κ2) is 12.7. The average Bonchev–Trinajstić information content (AvgIpc) is 3.50. The number of carbonyl (C=O) groups excluding carboxylic acids is 1. The van der Waals surface area contributed by atoms with Gasteiger partial charge in [-0.15, -0.1) is 0 Å². The molecule has 36 heavy (non-hydrogen) atoms. The maximum atomic E-state index is 14.1. The summed E-state index contributed by atoms with van der Waals surface area (Å²) < 4.78 is 46.5. The van der Waals surface area contributed by atoms with Gasteiger partial charge in [0.1, 0.15) is 29.2 Å². The second-order valence-corrected chi connectivity index (χ2v) is 8.13. The van der Waals surface area contributed by atoms with Crippen molar-refractivity contribution in [1.82, 2.24) is 25.0 Å². The van der Waals surface area contributed by atoms with Crippen LogP contribution in [-0.2, 0) is 9.59 Å². The van der Waals surface area contributed by atoms with E-state index >= 15 is 0 Å². The van der Waals surface area contributed by atoms with Crippen LogP contribution < -0.4 is 5.73 Å². The maximum absolute atomic E-state index is 14.1. The molecule has 0 saturated carbocycles. The van der Waals surface area contributed by atoms with Crippen molar-refractivity contribution in [3.05, 3.63) is 59.7 Å². The Morgan fingerprint density at radius 1 is 1.28 bits per heavy atom. The predicted molar refractivity (Wildman–Crippen MR) is 121 cm³/mol. The monoisotopic (exact) mass is 506 g/mol. The first kappa shape index (κ1) is 26.7. The number of carboxylic acid groups (broad SMARTS) is 1. The summed E-state index contributed by atoms with van der Waals surface area (Å²) in [5, 5.41) is 10.8. The fraction of sp³-hybridized carbons (Fsp3) is 0.391. The highest BCUT2D eigenvalue weighted by Gasteiger charge is 2.34. The summed E-state index contributed by atoms with van der Waals surface area (Å²) in [6, 6.07) is -0.945. The van der Waals surface area contributed by atoms with Crippen molar-refractivity contribution in [3.63, 3.8) is 0 Å². The highest BCUT2D eigenvalue weighted by Crippen LogP contribution is 2.33. The van der Waals surface area contributed by atoms with Gasteiger partial charge in [-0.2, -0.15) is 4.98 Å². The van der Waals surface area contributed by atoms with E-state index in [-0.39, 0.29) is 43.3 Å². The van der Waals surface area contributed by atoms with E-state index < -0.39 is 29.9 Å². The second-order valence-electron chi connectivity index (χ2n) is 8.13. The van der Waals surface area contributed by atoms with Crippen molar-refractivity contribution in [1.29, 1.82) is 0 Å². The van der Waals surface area contributed by atoms with Gasteiger partial charge < -0.3 is 20.3 Å². The summed E-state index contributed by atoms with van der Waals surface area (Å²) in [6.45, 7) is 0.291. The lowest BCUT2D eigenvalue weighted by Crippen LogP contribution is -2.32. The van der Waals surface area contributed by atoms with Crippen LogP contribution in [0, 0.1) is 0 Å². The van der Waals surface area contributed by atoms with Crippen LogP contribution in [0.4, 0.5) is 13.2 Å². The molecule has 1 aliphatic heterocycles. The number of carbonyl (C=O) groups is 2. The summed E-state index contributed by atoms with van der Waals surface area (Å²) in [5.74, 6) is -2.03. The van der Waals surface area contributed by atoms with Gasteiger partial charge in [-0.05, 0) is 37.3 Å². The van der Waals surface area contributed by atoms with Gasteiger partial charge in [0.2, 0.25) is 17.6 Å². The Hall–Kier alpha value is -3.87. The van der Waals surface area contributed by atoms with Crippen molar-refractivity contribution >= 4 is 12.4 Å². The predicted octanol–water partition coefficient (Wildman–Crippen LogP) is 3.72. The Balaban J connectivity index is 0.00000115. The van der Waals surface area contributed by atoms with Crippen molar-refractivity contribution < 1.29 is 32.4 Å². The normalized spacial score (nSPS) is 18.6. The van der Waals surface area contributed by atoms with Crippen molar-refractivity contribution in [2.24, 2.45) is 5.73 Å². The molecule has 3 heterocycles. The number of hydrogen-bond acceptors (Lipinski definition) is 8. The van der Waals surface area contributed by atoms with Gasteiger partial charge in [-0.1, -0.05) is 5.16 Å². The van der Waals surface area contributed by atoms with E-state index in [0.717, 1.165) is 12.5 Å². The lowest BCUT2D eigenvalue weighted by atomic mass is 10.0. The Bertz CT molecular complexity index is 1150. The molecule has 2 aromatic heterocycles. The third-order valence-electron chi connectivity index (χ3n) is 5.56. The molecule has 3 N–H and O–H groups in total. The summed E-state index contributed by atoms with van der Waals surface area (Å²) in [7, 11) is 0. The molecule has 1 fully saturated rings. The minimum Gasteiger partial charge on any atom is -0.483 e. The molecule has 192 valence electrons. The van der Waals surface area contributed by atoms with Gasteiger partial charge in [0.25, 0.3) is 6.47 Å². The first-order valence-electron chi connectivity index (χ1n) is 11.2. The third-order valence-corrected chi connectivity index (χ3v) is 5.56. The molecule has 1 saturated heterocycles. The molecule has 1 amide bonds. The first-order chi connectivity index (χ1) is 17.3. The highest BCUT2D eigenvalue weighted by atomic mass is 19.1. The molecule has 0 aromatic carbocycles. The average molecular weight is 506 g/mol. The molecule has 1 aliphatic carbocycles. The number of hydrogen-bond donors (Lipinski definition) is 2. The van der Waals surface area contributed by atoms with E-state index in [9.17, 15) is 18.0 Å². The molecule has 2 aliphatic rings. The molecular formula is C23H25F3N6O4. The Kier molecular flexibility index (Phi) is 9.45. The lowest BCUT2D eigenvalue weighted by Gasteiger charge is -2.22. The number of halogens is 3. The van der Waals surface area contributed by atoms with E-state index in [0.29, 0.717) is 36.5 Å². The van der Waals surface area contributed by atoms with E-state index in [1.807, 2.05) is 0 Å². The Morgan fingerprint density at radius 3 is 2.75 bits per heavy atom. The molecule has 2 atom stereocenters. The van der Waals surface area contributed by atoms with Crippen LogP contribution in [0.25, 0.3) is 11.5 Å². The molecule has 0 bridgehead atoms. The van der Waals surface area contributed by atoms with Crippen LogP contribution in [0.2, 0.25) is 0 Å². The molecule has 13 heteroatoms. The van der Waals surface area contributed by atoms with E-state index in [2.05, 4.69) is 20.1 Å². The summed E-state index contributed by atoms with van der Waals surface area (Å²) in [5.41, 5.74) is 6.52. The van der Waals surface area contributed by atoms with Crippen LogP contribution in [0.15, 0.2) is 58.3 Å². The number of amides is 1. The van der Waals surface area contributed by atoms with Crippen molar-refractivity contribution in [3.8, 4) is 11.5 Å². The van der Waals surface area contributed by atoms with E-state index in [1.54, 1.807) is 4.90 Å². The van der Waals surface area contributed by atoms with Gasteiger partial charge >= 0.3 is 0 Å². The standard InChI is InChI=1S/C22H23F3N6O2.CH2O2/c23-14-8-13(17(25)11-15(24)10-14)9-16(26)3-4-20(32)31-7-1-2-19(31)22-29-21(30-33-22)18-12-27-5-6-28-18;2-1-3/h5-6,8,11-12,16,19H,1-4,7,9-10,26H2;1H,(H,2,3)/t16?,19-;/m0./s1. The number of aromatic nitrogens is 4. The maximum Gasteiger partial charge on any atom is 0.290 e. The van der Waals surface area contributed by atoms with Crippen molar-refractivity contribution in [2.75, 3.05) is 6.54 Å². The zero-order valence-corrected chi connectivity index (χ0v) is 19.2. The quantitative estimate of drug-likeness (QED) is 0.536. The molecule has 4 rings (SSSR count). The number of nitrogens with two attached hydrogens (primary N) is 1. The van der Waals surface area contributed by atoms with Crippen LogP contribution >= 0.6 is 0 Å². The highest BCUT2D eigenvalue weighted by molar-refractivity contribution is 5.77. The topological polar surface area (TPSA) is 148 Å². The molecule has 1 unspecified atom stereocenters. The minimum atomic E-state index is -0.886. The molecule has 2 aromatic rings. The van der Waals surface area contributed by atoms with Gasteiger partial charge in [0.15, 0.2) is 0 Å². The summed E-state index contributed by atoms with van der Waals surface area (Å²) >= 11 is 0. The van der Waals surface area contributed by atoms with Gasteiger partial charge in [0.05, 0.1) is 12.6 Å². The SMILES string of the molecule is NC(CCC(=O)N1CCC[C@H]1c1nc(-c2cnccn2)no1)CC1=C(F)C=C(F)CC(F)=C1.O=CO. The zero-order valence-electron chi connectivity index (χ0n) is 19.2. The number of nitrogens with zero attached hydrogens (tertiary/aromatic N) is 5. The van der Waals surface area contributed by atoms with Gasteiger partial charge in [0, 0.05) is 37.5 Å². The Labute approximate surface area is 204 Å². The van der Waals surface area contributed by atoms with Crippen LogP contribution in [0.5, 0.6) is 0 Å². The van der Waals surface area contributed by atoms with Crippen LogP contribution in [-0.4, -0.2) is 55.1 Å². The Morgan fingerprint density at radius 2 is 2.03 bits per heavy atom. The van der Waals surface area contributed by atoms with Crippen molar-refractivity contribution in [2.45, 2.75) is 50.6 Å². The largest absolute Gasteiger partial charge is 0.483 e. The summed E-state index contributed by atoms with van der Waals surface area (Å²) in [4.78, 5) is 35.4. The number of rotatable bonds is 7. The van der Waals surface area contributed by atoms with E-state index in [1.165, 1.54) is 18.6 Å². The zero-order chi connectivity index (χ0) is 26.1. The van der Waals surface area contributed by atoms with Crippen LogP contribution in [0.1, 0.15) is 50.5 Å². The number of allylic oxidation sites excluding steroid dienone is 5. The van der Waals surface area contributed by atoms with E-state index in [4.69, 9.17) is 20.2 Å². The molecule has 0 spiro atoms. The van der Waals surface area contributed by atoms with Gasteiger partial charge in [-0.3, -0.25) is 14.6 Å². The fourth-order valence-electron chi connectivity index (χ4n) is 3.96. The first-order valence-corrected chi connectivity index (χ1v) is 11.2. The summed E-state index contributed by atoms with van der Waals surface area (Å²) in [6.07, 6.45) is 7.48.